The maximum Gasteiger partial charge on any atom is 0.339 e. The highest BCUT2D eigenvalue weighted by Gasteiger charge is 2.21. The van der Waals surface area contributed by atoms with Gasteiger partial charge in [0.2, 0.25) is 0 Å². The van der Waals surface area contributed by atoms with Crippen LogP contribution in [0.25, 0.3) is 11.1 Å². The van der Waals surface area contributed by atoms with Crippen LogP contribution in [-0.4, -0.2) is 16.8 Å². The quantitative estimate of drug-likeness (QED) is 0.161. The third kappa shape index (κ3) is 6.22. The first-order valence-electron chi connectivity index (χ1n) is 11.7. The molecule has 0 aliphatic carbocycles. The number of benzene rings is 4. The van der Waals surface area contributed by atoms with Gasteiger partial charge in [-0.25, -0.2) is 0 Å². The highest BCUT2D eigenvalue weighted by molar-refractivity contribution is 7.87. The topological polar surface area (TPSA) is 86.7 Å². The molecule has 38 heavy (non-hydrogen) atoms. The van der Waals surface area contributed by atoms with Crippen LogP contribution in [-0.2, 0) is 33.1 Å². The second kappa shape index (κ2) is 11.5. The van der Waals surface area contributed by atoms with Gasteiger partial charge in [0.15, 0.2) is 5.75 Å². The summed E-state index contributed by atoms with van der Waals surface area (Å²) in [4.78, 5) is 0.0656. The molecule has 0 aromatic heterocycles. The zero-order valence-electron chi connectivity index (χ0n) is 20.5. The van der Waals surface area contributed by atoms with E-state index in [0.717, 1.165) is 5.56 Å². The van der Waals surface area contributed by atoms with Gasteiger partial charge in [0.05, 0.1) is 0 Å². The molecule has 8 heteroatoms. The van der Waals surface area contributed by atoms with E-state index in [1.54, 1.807) is 78.9 Å². The smallest absolute Gasteiger partial charge is 0.339 e. The maximum absolute atomic E-state index is 13.0. The molecule has 0 saturated carbocycles. The van der Waals surface area contributed by atoms with Crippen LogP contribution in [0.5, 0.6) is 11.5 Å². The molecule has 0 atom stereocenters. The Bertz CT molecular complexity index is 1660. The van der Waals surface area contributed by atoms with Gasteiger partial charge in [-0.3, -0.25) is 0 Å². The van der Waals surface area contributed by atoms with Crippen LogP contribution in [0.3, 0.4) is 0 Å². The van der Waals surface area contributed by atoms with Crippen molar-refractivity contribution in [3.8, 4) is 22.6 Å². The number of rotatable bonds is 11. The first-order valence-corrected chi connectivity index (χ1v) is 14.5. The van der Waals surface area contributed by atoms with Crippen LogP contribution in [0.2, 0.25) is 0 Å². The van der Waals surface area contributed by atoms with E-state index in [0.29, 0.717) is 29.5 Å². The third-order valence-corrected chi connectivity index (χ3v) is 8.12. The molecule has 194 valence electrons. The molecule has 0 amide bonds. The average molecular weight is 547 g/mol. The molecule has 6 nitrogen and oxygen atoms in total. The van der Waals surface area contributed by atoms with E-state index in [-0.39, 0.29) is 21.3 Å². The molecule has 0 N–H and O–H groups in total. The Morgan fingerprint density at radius 2 is 1.13 bits per heavy atom. The van der Waals surface area contributed by atoms with Crippen LogP contribution >= 0.6 is 0 Å². The molecule has 0 radical (unpaired) electrons. The van der Waals surface area contributed by atoms with Crippen LogP contribution in [0.1, 0.15) is 11.1 Å². The predicted octanol–water partition coefficient (Wildman–Crippen LogP) is 6.35. The molecule has 4 aromatic carbocycles. The second-order valence-corrected chi connectivity index (χ2v) is 11.4. The van der Waals surface area contributed by atoms with Gasteiger partial charge < -0.3 is 8.37 Å². The molecule has 0 unspecified atom stereocenters. The molecule has 0 aliphatic heterocycles. The van der Waals surface area contributed by atoms with Gasteiger partial charge in [0.1, 0.15) is 15.5 Å². The van der Waals surface area contributed by atoms with E-state index in [9.17, 15) is 16.8 Å². The lowest BCUT2D eigenvalue weighted by Gasteiger charge is -2.16. The highest BCUT2D eigenvalue weighted by Crippen LogP contribution is 2.36. The molecule has 4 rings (SSSR count). The molecule has 0 bridgehead atoms. The zero-order chi connectivity index (χ0) is 27.2. The van der Waals surface area contributed by atoms with Gasteiger partial charge in [-0.15, -0.1) is 13.2 Å². The van der Waals surface area contributed by atoms with Crippen LogP contribution < -0.4 is 8.37 Å². The van der Waals surface area contributed by atoms with Gasteiger partial charge >= 0.3 is 20.2 Å². The molecule has 0 fully saturated rings. The maximum atomic E-state index is 13.0. The molecule has 0 saturated heterocycles. The fourth-order valence-corrected chi connectivity index (χ4v) is 5.77. The van der Waals surface area contributed by atoms with Crippen molar-refractivity contribution in [2.75, 3.05) is 0 Å². The lowest BCUT2D eigenvalue weighted by molar-refractivity contribution is 0.482. The Morgan fingerprint density at radius 1 is 0.605 bits per heavy atom. The zero-order valence-corrected chi connectivity index (χ0v) is 22.1. The van der Waals surface area contributed by atoms with Crippen molar-refractivity contribution in [1.82, 2.24) is 0 Å². The Labute approximate surface area is 223 Å². The average Bonchev–Trinajstić information content (AvgIpc) is 2.91. The van der Waals surface area contributed by atoms with Crippen LogP contribution in [0, 0.1) is 0 Å². The Kier molecular flexibility index (Phi) is 8.14. The lowest BCUT2D eigenvalue weighted by atomic mass is 9.97. The molecular formula is C30H26O6S2. The van der Waals surface area contributed by atoms with E-state index in [1.165, 1.54) is 24.3 Å². The monoisotopic (exact) mass is 546 g/mol. The van der Waals surface area contributed by atoms with E-state index < -0.39 is 20.2 Å². The standard InChI is InChI=1S/C30H26O6S2/c1-3-11-23-17-19-30(36-38(33,34)27-15-9-6-10-16-27)28(21-23)24-18-20-29(25(22-24)12-4-2)35-37(31,32)26-13-7-5-8-14-26/h3-10,13-22H,1-2,11-12H2. The Morgan fingerprint density at radius 3 is 1.68 bits per heavy atom. The second-order valence-electron chi connectivity index (χ2n) is 8.34. The number of hydrogen-bond donors (Lipinski definition) is 0. The molecule has 4 aromatic rings. The number of hydrogen-bond acceptors (Lipinski definition) is 6. The van der Waals surface area contributed by atoms with E-state index in [4.69, 9.17) is 8.37 Å². The Balaban J connectivity index is 1.77. The van der Waals surface area contributed by atoms with Crippen molar-refractivity contribution in [2.24, 2.45) is 0 Å². The van der Waals surface area contributed by atoms with E-state index in [2.05, 4.69) is 13.2 Å². The summed E-state index contributed by atoms with van der Waals surface area (Å²) in [5.74, 6) is 0.288. The fourth-order valence-electron chi connectivity index (χ4n) is 3.82. The lowest BCUT2D eigenvalue weighted by Crippen LogP contribution is -2.11. The van der Waals surface area contributed by atoms with Gasteiger partial charge in [-0.2, -0.15) is 16.8 Å². The minimum absolute atomic E-state index is 0.0309. The van der Waals surface area contributed by atoms with Crippen molar-refractivity contribution in [1.29, 1.82) is 0 Å². The van der Waals surface area contributed by atoms with Crippen LogP contribution in [0.4, 0.5) is 0 Å². The summed E-state index contributed by atoms with van der Waals surface area (Å²) in [7, 11) is -8.15. The van der Waals surface area contributed by atoms with Gasteiger partial charge in [-0.05, 0) is 72.5 Å². The first kappa shape index (κ1) is 26.9. The van der Waals surface area contributed by atoms with Crippen molar-refractivity contribution >= 4 is 20.2 Å². The largest absolute Gasteiger partial charge is 0.379 e. The minimum Gasteiger partial charge on any atom is -0.379 e. The normalized spacial score (nSPS) is 11.5. The summed E-state index contributed by atoms with van der Waals surface area (Å²) < 4.78 is 62.7. The number of allylic oxidation sites excluding steroid dienone is 2. The van der Waals surface area contributed by atoms with Crippen molar-refractivity contribution in [2.45, 2.75) is 22.6 Å². The van der Waals surface area contributed by atoms with Gasteiger partial charge in [0, 0.05) is 11.1 Å². The molecule has 0 aliphatic rings. The van der Waals surface area contributed by atoms with Gasteiger partial charge in [0.25, 0.3) is 0 Å². The molecule has 0 heterocycles. The Hall–Kier alpha value is -4.14. The molecular weight excluding hydrogens is 520 g/mol. The summed E-state index contributed by atoms with van der Waals surface area (Å²) in [5.41, 5.74) is 2.60. The third-order valence-electron chi connectivity index (χ3n) is 5.62. The summed E-state index contributed by atoms with van der Waals surface area (Å²) in [5, 5.41) is 0. The molecule has 0 spiro atoms. The first-order chi connectivity index (χ1) is 18.2. The summed E-state index contributed by atoms with van der Waals surface area (Å²) >= 11 is 0. The summed E-state index contributed by atoms with van der Waals surface area (Å²) in [6, 6.07) is 25.9. The SMILES string of the molecule is C=CCc1ccc(OS(=O)(=O)c2ccccc2)c(-c2ccc(OS(=O)(=O)c3ccccc3)c(CC=C)c2)c1. The van der Waals surface area contributed by atoms with E-state index >= 15 is 0 Å². The minimum atomic E-state index is -4.09. The van der Waals surface area contributed by atoms with Crippen molar-refractivity contribution in [3.05, 3.63) is 133 Å². The highest BCUT2D eigenvalue weighted by atomic mass is 32.2. The van der Waals surface area contributed by atoms with Crippen molar-refractivity contribution in [3.63, 3.8) is 0 Å². The summed E-state index contributed by atoms with van der Waals surface area (Å²) in [6.45, 7) is 7.55. The fraction of sp³-hybridized carbons (Fsp3) is 0.0667. The van der Waals surface area contributed by atoms with Crippen LogP contribution in [0.15, 0.2) is 132 Å². The van der Waals surface area contributed by atoms with Crippen molar-refractivity contribution < 1.29 is 25.2 Å². The predicted molar refractivity (Wildman–Crippen MR) is 148 cm³/mol. The van der Waals surface area contributed by atoms with E-state index in [1.807, 2.05) is 6.07 Å². The van der Waals surface area contributed by atoms with Gasteiger partial charge in [-0.1, -0.05) is 60.7 Å². The summed E-state index contributed by atoms with van der Waals surface area (Å²) in [6.07, 6.45) is 4.26.